The minimum atomic E-state index is -4.29. The van der Waals surface area contributed by atoms with E-state index < -0.39 is 12.7 Å². The van der Waals surface area contributed by atoms with Gasteiger partial charge in [-0.05, 0) is 18.8 Å². The normalized spacial score (nSPS) is 15.2. The molecular weight excluding hydrogens is 291 g/mol. The Kier molecular flexibility index (Phi) is 3.86. The van der Waals surface area contributed by atoms with Crippen LogP contribution in [0.2, 0.25) is 0 Å². The lowest BCUT2D eigenvalue weighted by Gasteiger charge is -2.20. The molecule has 1 amide bonds. The van der Waals surface area contributed by atoms with E-state index in [1.54, 1.807) is 0 Å². The average molecular weight is 307 g/mol. The van der Waals surface area contributed by atoms with Crippen molar-refractivity contribution in [3.05, 3.63) is 10.4 Å². The fraction of sp³-hybridized carbons (Fsp3) is 0.583. The molecule has 0 aliphatic heterocycles. The van der Waals surface area contributed by atoms with E-state index in [0.717, 1.165) is 29.1 Å². The van der Waals surface area contributed by atoms with E-state index >= 15 is 0 Å². The Morgan fingerprint density at radius 3 is 2.55 bits per heavy atom. The highest BCUT2D eigenvalue weighted by Gasteiger charge is 2.36. The van der Waals surface area contributed by atoms with Gasteiger partial charge in [0.25, 0.3) is 5.91 Å². The molecule has 0 atom stereocenters. The molecule has 3 N–H and O–H groups in total. The Hall–Kier alpha value is -1.44. The smallest absolute Gasteiger partial charge is 0.397 e. The molecule has 1 aromatic heterocycles. The number of carbonyl (C=O) groups is 1. The summed E-state index contributed by atoms with van der Waals surface area (Å²) >= 11 is 1.02. The molecule has 1 aliphatic rings. The lowest BCUT2D eigenvalue weighted by Crippen LogP contribution is -2.30. The van der Waals surface area contributed by atoms with E-state index in [1.807, 2.05) is 0 Å². The van der Waals surface area contributed by atoms with E-state index in [1.165, 1.54) is 14.1 Å². The Bertz CT molecular complexity index is 523. The van der Waals surface area contributed by atoms with Gasteiger partial charge in [-0.25, -0.2) is 0 Å². The number of nitrogens with two attached hydrogens (primary N) is 1. The molecule has 0 aromatic carbocycles. The van der Waals surface area contributed by atoms with Gasteiger partial charge in [0.2, 0.25) is 0 Å². The molecule has 1 heterocycles. The van der Waals surface area contributed by atoms with Crippen molar-refractivity contribution in [3.8, 4) is 0 Å². The van der Waals surface area contributed by atoms with Gasteiger partial charge >= 0.3 is 6.18 Å². The van der Waals surface area contributed by atoms with Gasteiger partial charge in [-0.2, -0.15) is 13.2 Å². The summed E-state index contributed by atoms with van der Waals surface area (Å²) < 4.78 is 37.6. The lowest BCUT2D eigenvalue weighted by atomic mass is 10.1. The number of alkyl halides is 3. The number of hydrogen-bond donors (Lipinski definition) is 2. The first-order chi connectivity index (χ1) is 9.24. The van der Waals surface area contributed by atoms with Gasteiger partial charge in [0, 0.05) is 19.7 Å². The molecule has 1 fully saturated rings. The third-order valence-electron chi connectivity index (χ3n) is 3.15. The molecule has 0 radical (unpaired) electrons. The number of rotatable bonds is 4. The SMILES string of the molecule is CNC(=O)c1sc(N(C)CC(F)(F)F)c(C2CC2)c1N. The summed E-state index contributed by atoms with van der Waals surface area (Å²) in [7, 11) is 2.84. The van der Waals surface area contributed by atoms with Crippen LogP contribution in [-0.2, 0) is 0 Å². The van der Waals surface area contributed by atoms with Crippen LogP contribution in [0, 0.1) is 0 Å². The van der Waals surface area contributed by atoms with Crippen LogP contribution < -0.4 is 16.0 Å². The fourth-order valence-electron chi connectivity index (χ4n) is 2.12. The van der Waals surface area contributed by atoms with Gasteiger partial charge in [0.1, 0.15) is 11.4 Å². The molecule has 20 heavy (non-hydrogen) atoms. The van der Waals surface area contributed by atoms with Crippen molar-refractivity contribution < 1.29 is 18.0 Å². The van der Waals surface area contributed by atoms with Crippen LogP contribution >= 0.6 is 11.3 Å². The largest absolute Gasteiger partial charge is 0.405 e. The minimum Gasteiger partial charge on any atom is -0.397 e. The van der Waals surface area contributed by atoms with Crippen LogP contribution in [0.5, 0.6) is 0 Å². The number of nitrogens with one attached hydrogen (secondary N) is 1. The number of amides is 1. The monoisotopic (exact) mass is 307 g/mol. The van der Waals surface area contributed by atoms with Gasteiger partial charge < -0.3 is 16.0 Å². The summed E-state index contributed by atoms with van der Waals surface area (Å²) in [5.74, 6) is -0.184. The second-order valence-corrected chi connectivity index (χ2v) is 5.89. The maximum absolute atomic E-state index is 12.5. The number of nitrogen functional groups attached to an aromatic ring is 1. The molecule has 4 nitrogen and oxygen atoms in total. The van der Waals surface area contributed by atoms with E-state index in [-0.39, 0.29) is 11.8 Å². The van der Waals surface area contributed by atoms with Crippen molar-refractivity contribution in [1.82, 2.24) is 5.32 Å². The van der Waals surface area contributed by atoms with E-state index in [9.17, 15) is 18.0 Å². The summed E-state index contributed by atoms with van der Waals surface area (Å²) in [6.45, 7) is -1.06. The standard InChI is InChI=1S/C12H16F3N3OS/c1-17-10(19)9-8(16)7(6-3-4-6)11(20-9)18(2)5-12(13,14)15/h6H,3-5,16H2,1-2H3,(H,17,19). The van der Waals surface area contributed by atoms with Gasteiger partial charge in [-0.1, -0.05) is 0 Å². The highest BCUT2D eigenvalue weighted by atomic mass is 32.1. The van der Waals surface area contributed by atoms with Gasteiger partial charge in [0.15, 0.2) is 0 Å². The van der Waals surface area contributed by atoms with E-state index in [2.05, 4.69) is 5.32 Å². The number of hydrogen-bond acceptors (Lipinski definition) is 4. The highest BCUT2D eigenvalue weighted by Crippen LogP contribution is 2.52. The van der Waals surface area contributed by atoms with E-state index in [0.29, 0.717) is 21.1 Å². The topological polar surface area (TPSA) is 58.4 Å². The second-order valence-electron chi connectivity index (χ2n) is 4.89. The molecule has 8 heteroatoms. The summed E-state index contributed by atoms with van der Waals surface area (Å²) in [6, 6.07) is 0. The second kappa shape index (κ2) is 5.16. The zero-order chi connectivity index (χ0) is 15.1. The van der Waals surface area contributed by atoms with Crippen LogP contribution in [0.15, 0.2) is 0 Å². The predicted molar refractivity (Wildman–Crippen MR) is 73.4 cm³/mol. The first kappa shape index (κ1) is 15.0. The van der Waals surface area contributed by atoms with Gasteiger partial charge in [0.05, 0.1) is 10.7 Å². The maximum atomic E-state index is 12.5. The number of nitrogens with zero attached hydrogens (tertiary/aromatic N) is 1. The Morgan fingerprint density at radius 1 is 1.50 bits per heavy atom. The number of thiophene rings is 1. The maximum Gasteiger partial charge on any atom is 0.405 e. The molecule has 0 unspecified atom stereocenters. The summed E-state index contributed by atoms with van der Waals surface area (Å²) in [5.41, 5.74) is 6.98. The molecule has 0 bridgehead atoms. The third-order valence-corrected chi connectivity index (χ3v) is 4.48. The van der Waals surface area contributed by atoms with Gasteiger partial charge in [-0.3, -0.25) is 4.79 Å². The van der Waals surface area contributed by atoms with Crippen molar-refractivity contribution in [2.24, 2.45) is 0 Å². The minimum absolute atomic E-state index is 0.176. The first-order valence-corrected chi connectivity index (χ1v) is 6.98. The summed E-state index contributed by atoms with van der Waals surface area (Å²) in [6.07, 6.45) is -2.48. The Labute approximate surface area is 118 Å². The molecular formula is C12H16F3N3OS. The van der Waals surface area contributed by atoms with Crippen LogP contribution in [0.25, 0.3) is 0 Å². The zero-order valence-corrected chi connectivity index (χ0v) is 12.0. The molecule has 112 valence electrons. The molecule has 0 saturated heterocycles. The van der Waals surface area contributed by atoms with E-state index in [4.69, 9.17) is 5.73 Å². The number of halogens is 3. The molecule has 1 aromatic rings. The Balaban J connectivity index is 2.38. The van der Waals surface area contributed by atoms with Crippen LogP contribution in [-0.4, -0.2) is 32.7 Å². The third kappa shape index (κ3) is 3.00. The van der Waals surface area contributed by atoms with Crippen molar-refractivity contribution in [2.45, 2.75) is 24.9 Å². The van der Waals surface area contributed by atoms with Crippen molar-refractivity contribution in [1.29, 1.82) is 0 Å². The predicted octanol–water partition coefficient (Wildman–Crippen LogP) is 2.57. The fourth-order valence-corrected chi connectivity index (χ4v) is 3.33. The van der Waals surface area contributed by atoms with Crippen molar-refractivity contribution >= 4 is 27.9 Å². The number of carbonyl (C=O) groups excluding carboxylic acids is 1. The highest BCUT2D eigenvalue weighted by molar-refractivity contribution is 7.18. The lowest BCUT2D eigenvalue weighted by molar-refractivity contribution is -0.119. The molecule has 1 saturated carbocycles. The number of anilines is 2. The molecule has 2 rings (SSSR count). The summed E-state index contributed by atoms with van der Waals surface area (Å²) in [4.78, 5) is 13.1. The Morgan fingerprint density at radius 2 is 2.10 bits per heavy atom. The first-order valence-electron chi connectivity index (χ1n) is 6.16. The van der Waals surface area contributed by atoms with Crippen LogP contribution in [0.3, 0.4) is 0 Å². The zero-order valence-electron chi connectivity index (χ0n) is 11.2. The summed E-state index contributed by atoms with van der Waals surface area (Å²) in [5, 5.41) is 2.91. The van der Waals surface area contributed by atoms with Gasteiger partial charge in [-0.15, -0.1) is 11.3 Å². The average Bonchev–Trinajstić information content (AvgIpc) is 3.10. The van der Waals surface area contributed by atoms with Crippen molar-refractivity contribution in [3.63, 3.8) is 0 Å². The van der Waals surface area contributed by atoms with Crippen LogP contribution in [0.4, 0.5) is 23.9 Å². The molecule has 1 aliphatic carbocycles. The van der Waals surface area contributed by atoms with Crippen molar-refractivity contribution in [2.75, 3.05) is 31.3 Å². The van der Waals surface area contributed by atoms with Crippen LogP contribution in [0.1, 0.15) is 34.0 Å². The molecule has 0 spiro atoms. The quantitative estimate of drug-likeness (QED) is 0.899.